The highest BCUT2D eigenvalue weighted by atomic mass is 16.5. The Kier molecular flexibility index (Phi) is 4.76. The van der Waals surface area contributed by atoms with E-state index < -0.39 is 6.03 Å². The quantitative estimate of drug-likeness (QED) is 0.454. The van der Waals surface area contributed by atoms with Crippen LogP contribution in [0.1, 0.15) is 11.1 Å². The van der Waals surface area contributed by atoms with Crippen LogP contribution in [0, 0.1) is 6.92 Å². The fourth-order valence-electron chi connectivity index (χ4n) is 1.84. The summed E-state index contributed by atoms with van der Waals surface area (Å²) in [6.45, 7) is 2.31. The lowest BCUT2D eigenvalue weighted by molar-refractivity contribution is 0.246. The standard InChI is InChI=1S/C15H18N4O2/c1-11-6-8-13(9-7-11)21-10-12-4-2-3-5-14(12)19(17)15(20)18-16/h2-9H,10,16-17H2,1H3,(H,18,20). The maximum absolute atomic E-state index is 11.5. The number of aryl methyl sites for hydroxylation is 1. The van der Waals surface area contributed by atoms with Crippen molar-refractivity contribution in [3.05, 3.63) is 59.7 Å². The molecule has 110 valence electrons. The number of nitrogens with two attached hydrogens (primary N) is 2. The van der Waals surface area contributed by atoms with Gasteiger partial charge in [0.2, 0.25) is 0 Å². The average molecular weight is 286 g/mol. The first-order valence-electron chi connectivity index (χ1n) is 6.44. The second-order valence-electron chi connectivity index (χ2n) is 4.55. The van der Waals surface area contributed by atoms with Gasteiger partial charge in [0.15, 0.2) is 0 Å². The summed E-state index contributed by atoms with van der Waals surface area (Å²) < 4.78 is 5.71. The van der Waals surface area contributed by atoms with Crippen molar-refractivity contribution in [2.24, 2.45) is 11.7 Å². The molecule has 2 aromatic carbocycles. The number of para-hydroxylation sites is 1. The topological polar surface area (TPSA) is 93.6 Å². The van der Waals surface area contributed by atoms with Crippen molar-refractivity contribution in [1.29, 1.82) is 0 Å². The number of hydrogen-bond donors (Lipinski definition) is 3. The van der Waals surface area contributed by atoms with Crippen LogP contribution in [-0.4, -0.2) is 6.03 Å². The van der Waals surface area contributed by atoms with Gasteiger partial charge in [-0.25, -0.2) is 21.5 Å². The molecule has 2 amide bonds. The predicted octanol–water partition coefficient (Wildman–Crippen LogP) is 1.84. The monoisotopic (exact) mass is 286 g/mol. The van der Waals surface area contributed by atoms with E-state index in [1.807, 2.05) is 48.7 Å². The Labute approximate surface area is 123 Å². The van der Waals surface area contributed by atoms with Crippen LogP contribution in [0.15, 0.2) is 48.5 Å². The summed E-state index contributed by atoms with van der Waals surface area (Å²) in [5, 5.41) is 0.952. The Morgan fingerprint density at radius 1 is 1.19 bits per heavy atom. The van der Waals surface area contributed by atoms with Gasteiger partial charge < -0.3 is 4.74 Å². The van der Waals surface area contributed by atoms with E-state index in [9.17, 15) is 4.79 Å². The molecule has 6 nitrogen and oxygen atoms in total. The molecule has 0 spiro atoms. The molecule has 0 heterocycles. The largest absolute Gasteiger partial charge is 0.489 e. The molecule has 5 N–H and O–H groups in total. The number of rotatable bonds is 4. The van der Waals surface area contributed by atoms with E-state index in [0.717, 1.165) is 21.9 Å². The van der Waals surface area contributed by atoms with Crippen LogP contribution in [-0.2, 0) is 6.61 Å². The van der Waals surface area contributed by atoms with Crippen LogP contribution in [0.25, 0.3) is 0 Å². The summed E-state index contributed by atoms with van der Waals surface area (Å²) in [5.41, 5.74) is 4.47. The number of nitrogens with zero attached hydrogens (tertiary/aromatic N) is 1. The maximum Gasteiger partial charge on any atom is 0.350 e. The van der Waals surface area contributed by atoms with Gasteiger partial charge in [-0.05, 0) is 25.1 Å². The fourth-order valence-corrected chi connectivity index (χ4v) is 1.84. The highest BCUT2D eigenvalue weighted by molar-refractivity contribution is 5.91. The average Bonchev–Trinajstić information content (AvgIpc) is 2.53. The maximum atomic E-state index is 11.5. The van der Waals surface area contributed by atoms with E-state index in [1.54, 1.807) is 12.1 Å². The SMILES string of the molecule is Cc1ccc(OCc2ccccc2N(N)C(=O)NN)cc1. The molecule has 6 heteroatoms. The van der Waals surface area contributed by atoms with Crippen LogP contribution in [0.2, 0.25) is 0 Å². The Morgan fingerprint density at radius 2 is 1.86 bits per heavy atom. The molecule has 0 unspecified atom stereocenters. The van der Waals surface area contributed by atoms with Crippen molar-refractivity contribution >= 4 is 11.7 Å². The van der Waals surface area contributed by atoms with Gasteiger partial charge in [0.1, 0.15) is 12.4 Å². The number of hydrogen-bond acceptors (Lipinski definition) is 4. The number of hydrazine groups is 2. The first-order valence-corrected chi connectivity index (χ1v) is 6.44. The number of carbonyl (C=O) groups excluding carboxylic acids is 1. The van der Waals surface area contributed by atoms with Crippen LogP contribution in [0.3, 0.4) is 0 Å². The number of amides is 2. The first kappa shape index (κ1) is 14.8. The normalized spacial score (nSPS) is 10.0. The van der Waals surface area contributed by atoms with Crippen LogP contribution in [0.4, 0.5) is 10.5 Å². The molecule has 0 saturated carbocycles. The van der Waals surface area contributed by atoms with Crippen molar-refractivity contribution in [2.75, 3.05) is 5.01 Å². The van der Waals surface area contributed by atoms with Gasteiger partial charge in [-0.15, -0.1) is 0 Å². The lowest BCUT2D eigenvalue weighted by Gasteiger charge is -2.19. The highest BCUT2D eigenvalue weighted by Gasteiger charge is 2.14. The zero-order chi connectivity index (χ0) is 15.2. The molecule has 0 aliphatic rings. The highest BCUT2D eigenvalue weighted by Crippen LogP contribution is 2.21. The van der Waals surface area contributed by atoms with Crippen LogP contribution >= 0.6 is 0 Å². The molecule has 2 rings (SSSR count). The summed E-state index contributed by atoms with van der Waals surface area (Å²) in [5.74, 6) is 11.6. The van der Waals surface area contributed by atoms with Gasteiger partial charge in [-0.2, -0.15) is 0 Å². The van der Waals surface area contributed by atoms with E-state index in [4.69, 9.17) is 16.4 Å². The predicted molar refractivity (Wildman–Crippen MR) is 81.3 cm³/mol. The van der Waals surface area contributed by atoms with Gasteiger partial charge in [0, 0.05) is 5.56 Å². The third kappa shape index (κ3) is 3.71. The van der Waals surface area contributed by atoms with Crippen molar-refractivity contribution in [1.82, 2.24) is 5.43 Å². The van der Waals surface area contributed by atoms with Gasteiger partial charge in [0.05, 0.1) is 5.69 Å². The van der Waals surface area contributed by atoms with E-state index in [1.165, 1.54) is 0 Å². The fraction of sp³-hybridized carbons (Fsp3) is 0.133. The Balaban J connectivity index is 2.13. The minimum absolute atomic E-state index is 0.296. The Bertz CT molecular complexity index is 613. The third-order valence-electron chi connectivity index (χ3n) is 3.01. The van der Waals surface area contributed by atoms with Crippen molar-refractivity contribution in [3.63, 3.8) is 0 Å². The summed E-state index contributed by atoms with van der Waals surface area (Å²) in [4.78, 5) is 11.5. The second kappa shape index (κ2) is 6.74. The number of nitrogens with one attached hydrogen (secondary N) is 1. The number of urea groups is 1. The molecule has 0 aliphatic heterocycles. The molecule has 2 aromatic rings. The van der Waals surface area contributed by atoms with Crippen LogP contribution < -0.4 is 26.9 Å². The summed E-state index contributed by atoms with van der Waals surface area (Å²) >= 11 is 0. The van der Waals surface area contributed by atoms with Gasteiger partial charge in [0.25, 0.3) is 0 Å². The molecule has 0 aromatic heterocycles. The van der Waals surface area contributed by atoms with E-state index >= 15 is 0 Å². The van der Waals surface area contributed by atoms with E-state index in [0.29, 0.717) is 12.3 Å². The number of carbonyl (C=O) groups is 1. The molecular formula is C15H18N4O2. The Hall–Kier alpha value is -2.57. The minimum atomic E-state index is -0.599. The Morgan fingerprint density at radius 3 is 2.52 bits per heavy atom. The van der Waals surface area contributed by atoms with Crippen LogP contribution in [0.5, 0.6) is 5.75 Å². The number of anilines is 1. The number of benzene rings is 2. The smallest absolute Gasteiger partial charge is 0.350 e. The van der Waals surface area contributed by atoms with Gasteiger partial charge >= 0.3 is 6.03 Å². The zero-order valence-corrected chi connectivity index (χ0v) is 11.7. The van der Waals surface area contributed by atoms with Crippen molar-refractivity contribution < 1.29 is 9.53 Å². The summed E-state index contributed by atoms with van der Waals surface area (Å²) in [6, 6.07) is 14.3. The van der Waals surface area contributed by atoms with E-state index in [2.05, 4.69) is 0 Å². The lowest BCUT2D eigenvalue weighted by Crippen LogP contribution is -2.48. The molecule has 0 saturated heterocycles. The first-order chi connectivity index (χ1) is 10.1. The molecule has 0 atom stereocenters. The molecule has 0 aliphatic carbocycles. The number of ether oxygens (including phenoxy) is 1. The molecule has 0 bridgehead atoms. The molecule has 21 heavy (non-hydrogen) atoms. The molecule has 0 radical (unpaired) electrons. The zero-order valence-electron chi connectivity index (χ0n) is 11.7. The molecule has 0 fully saturated rings. The molecular weight excluding hydrogens is 268 g/mol. The summed E-state index contributed by atoms with van der Waals surface area (Å²) in [6.07, 6.45) is 0. The van der Waals surface area contributed by atoms with Crippen molar-refractivity contribution in [3.8, 4) is 5.75 Å². The second-order valence-corrected chi connectivity index (χ2v) is 4.55. The summed E-state index contributed by atoms with van der Waals surface area (Å²) in [7, 11) is 0. The third-order valence-corrected chi connectivity index (χ3v) is 3.01. The minimum Gasteiger partial charge on any atom is -0.489 e. The lowest BCUT2D eigenvalue weighted by atomic mass is 10.2. The van der Waals surface area contributed by atoms with Crippen molar-refractivity contribution in [2.45, 2.75) is 13.5 Å². The van der Waals surface area contributed by atoms with Gasteiger partial charge in [-0.1, -0.05) is 35.9 Å². The van der Waals surface area contributed by atoms with Gasteiger partial charge in [-0.3, -0.25) is 5.43 Å². The van der Waals surface area contributed by atoms with E-state index in [-0.39, 0.29) is 0 Å².